The van der Waals surface area contributed by atoms with E-state index in [9.17, 15) is 9.59 Å². The van der Waals surface area contributed by atoms with Gasteiger partial charge in [0.05, 0.1) is 12.3 Å². The Hall–Kier alpha value is -2.04. The third-order valence-corrected chi connectivity index (χ3v) is 3.44. The molecule has 0 saturated carbocycles. The second-order valence-electron chi connectivity index (χ2n) is 6.19. The van der Waals surface area contributed by atoms with Crippen molar-refractivity contribution in [2.75, 3.05) is 18.1 Å². The maximum Gasteiger partial charge on any atom is 0.250 e. The number of carbonyl (C=O) groups excluding carboxylic acids is 2. The molecule has 1 N–H and O–H groups in total. The summed E-state index contributed by atoms with van der Waals surface area (Å²) in [6, 6.07) is 6.77. The molecule has 1 unspecified atom stereocenters. The van der Waals surface area contributed by atoms with Crippen molar-refractivity contribution in [3.63, 3.8) is 0 Å². The highest BCUT2D eigenvalue weighted by Gasteiger charge is 2.41. The molecule has 1 aliphatic rings. The molecule has 1 aromatic rings. The summed E-state index contributed by atoms with van der Waals surface area (Å²) in [4.78, 5) is 26.2. The largest absolute Gasteiger partial charge is 0.492 e. The van der Waals surface area contributed by atoms with Gasteiger partial charge >= 0.3 is 0 Å². The topological polar surface area (TPSA) is 58.6 Å². The zero-order chi connectivity index (χ0) is 15.6. The summed E-state index contributed by atoms with van der Waals surface area (Å²) in [5.74, 6) is 0.366. The van der Waals surface area contributed by atoms with E-state index >= 15 is 0 Å². The molecule has 0 bridgehead atoms. The third kappa shape index (κ3) is 3.17. The number of carbonyl (C=O) groups is 2. The highest BCUT2D eigenvalue weighted by molar-refractivity contribution is 6.07. The van der Waals surface area contributed by atoms with E-state index in [0.29, 0.717) is 18.0 Å². The Bertz CT molecular complexity index is 549. The van der Waals surface area contributed by atoms with Gasteiger partial charge in [0.1, 0.15) is 18.3 Å². The van der Waals surface area contributed by atoms with Crippen LogP contribution in [-0.2, 0) is 9.59 Å². The van der Waals surface area contributed by atoms with Gasteiger partial charge in [0.15, 0.2) is 0 Å². The Balaban J connectivity index is 2.38. The number of para-hydroxylation sites is 2. The van der Waals surface area contributed by atoms with E-state index in [2.05, 4.69) is 5.32 Å². The summed E-state index contributed by atoms with van der Waals surface area (Å²) in [6.45, 7) is 8.23. The van der Waals surface area contributed by atoms with E-state index in [1.165, 1.54) is 4.90 Å². The van der Waals surface area contributed by atoms with Crippen LogP contribution in [-0.4, -0.2) is 31.0 Å². The van der Waals surface area contributed by atoms with E-state index in [1.54, 1.807) is 6.07 Å². The predicted octanol–water partition coefficient (Wildman–Crippen LogP) is 1.96. The molecule has 5 heteroatoms. The number of piperazine rings is 1. The van der Waals surface area contributed by atoms with Crippen LogP contribution in [0.5, 0.6) is 5.75 Å². The summed E-state index contributed by atoms with van der Waals surface area (Å²) in [6.07, 6.45) is 0. The van der Waals surface area contributed by atoms with E-state index in [4.69, 9.17) is 4.74 Å². The van der Waals surface area contributed by atoms with Gasteiger partial charge in [-0.1, -0.05) is 32.9 Å². The number of anilines is 1. The normalized spacial score (nSPS) is 19.4. The first-order chi connectivity index (χ1) is 9.84. The van der Waals surface area contributed by atoms with Crippen molar-refractivity contribution in [1.29, 1.82) is 0 Å². The summed E-state index contributed by atoms with van der Waals surface area (Å²) in [5.41, 5.74) is 0.305. The fraction of sp³-hybridized carbons (Fsp3) is 0.500. The van der Waals surface area contributed by atoms with Crippen LogP contribution >= 0.6 is 0 Å². The van der Waals surface area contributed by atoms with Gasteiger partial charge in [-0.25, -0.2) is 0 Å². The quantitative estimate of drug-likeness (QED) is 0.926. The molecular formula is C16H22N2O3. The van der Waals surface area contributed by atoms with Crippen LogP contribution in [0.3, 0.4) is 0 Å². The zero-order valence-corrected chi connectivity index (χ0v) is 13.0. The molecular weight excluding hydrogens is 268 g/mol. The Kier molecular flexibility index (Phi) is 4.21. The van der Waals surface area contributed by atoms with Crippen LogP contribution in [0.4, 0.5) is 5.69 Å². The minimum Gasteiger partial charge on any atom is -0.492 e. The van der Waals surface area contributed by atoms with E-state index in [1.807, 2.05) is 45.9 Å². The predicted molar refractivity (Wildman–Crippen MR) is 81.3 cm³/mol. The summed E-state index contributed by atoms with van der Waals surface area (Å²) >= 11 is 0. The van der Waals surface area contributed by atoms with Crippen molar-refractivity contribution in [1.82, 2.24) is 5.32 Å². The standard InChI is InChI=1S/C16H22N2O3/c1-5-21-12-9-7-6-8-11(12)18-10-13(19)17-14(15(18)20)16(2,3)4/h6-9,14H,5,10H2,1-4H3,(H,17,19). The van der Waals surface area contributed by atoms with E-state index < -0.39 is 6.04 Å². The fourth-order valence-corrected chi connectivity index (χ4v) is 2.39. The number of nitrogens with one attached hydrogen (secondary N) is 1. The van der Waals surface area contributed by atoms with Crippen LogP contribution in [0.25, 0.3) is 0 Å². The van der Waals surface area contributed by atoms with Gasteiger partial charge in [0.25, 0.3) is 5.91 Å². The lowest BCUT2D eigenvalue weighted by Crippen LogP contribution is -2.62. The van der Waals surface area contributed by atoms with Gasteiger partial charge in [0, 0.05) is 0 Å². The molecule has 0 spiro atoms. The van der Waals surface area contributed by atoms with Crippen molar-refractivity contribution >= 4 is 17.5 Å². The SMILES string of the molecule is CCOc1ccccc1N1CC(=O)NC(C(C)(C)C)C1=O. The Morgan fingerprint density at radius 1 is 1.29 bits per heavy atom. The van der Waals surface area contributed by atoms with E-state index in [0.717, 1.165) is 0 Å². The zero-order valence-electron chi connectivity index (χ0n) is 13.0. The van der Waals surface area contributed by atoms with Crippen molar-refractivity contribution in [2.45, 2.75) is 33.7 Å². The maximum atomic E-state index is 12.7. The van der Waals surface area contributed by atoms with Gasteiger partial charge < -0.3 is 10.1 Å². The highest BCUT2D eigenvalue weighted by Crippen LogP contribution is 2.32. The summed E-state index contributed by atoms with van der Waals surface area (Å²) < 4.78 is 5.57. The van der Waals surface area contributed by atoms with Gasteiger partial charge in [-0.15, -0.1) is 0 Å². The van der Waals surface area contributed by atoms with Gasteiger partial charge in [-0.3, -0.25) is 14.5 Å². The molecule has 0 aliphatic carbocycles. The number of ether oxygens (including phenoxy) is 1. The summed E-state index contributed by atoms with van der Waals surface area (Å²) in [5, 5.41) is 2.79. The Morgan fingerprint density at radius 3 is 2.57 bits per heavy atom. The van der Waals surface area contributed by atoms with Crippen LogP contribution in [0.1, 0.15) is 27.7 Å². The lowest BCUT2D eigenvalue weighted by atomic mass is 9.84. The van der Waals surface area contributed by atoms with Crippen LogP contribution in [0.15, 0.2) is 24.3 Å². The molecule has 1 saturated heterocycles. The first-order valence-corrected chi connectivity index (χ1v) is 7.17. The molecule has 0 aromatic heterocycles. The fourth-order valence-electron chi connectivity index (χ4n) is 2.39. The number of hydrogen-bond donors (Lipinski definition) is 1. The first-order valence-electron chi connectivity index (χ1n) is 7.17. The molecule has 0 radical (unpaired) electrons. The maximum absolute atomic E-state index is 12.7. The lowest BCUT2D eigenvalue weighted by Gasteiger charge is -2.39. The molecule has 1 heterocycles. The Labute approximate surface area is 125 Å². The summed E-state index contributed by atoms with van der Waals surface area (Å²) in [7, 11) is 0. The second kappa shape index (κ2) is 5.76. The molecule has 2 rings (SSSR count). The number of amides is 2. The molecule has 5 nitrogen and oxygen atoms in total. The van der Waals surface area contributed by atoms with Gasteiger partial charge in [0.2, 0.25) is 5.91 Å². The number of rotatable bonds is 3. The third-order valence-electron chi connectivity index (χ3n) is 3.44. The minimum absolute atomic E-state index is 0.0233. The Morgan fingerprint density at radius 2 is 1.95 bits per heavy atom. The van der Waals surface area contributed by atoms with Crippen LogP contribution < -0.4 is 15.0 Å². The van der Waals surface area contributed by atoms with Crippen molar-refractivity contribution in [3.05, 3.63) is 24.3 Å². The molecule has 2 amide bonds. The lowest BCUT2D eigenvalue weighted by molar-refractivity contribution is -0.133. The smallest absolute Gasteiger partial charge is 0.250 e. The molecule has 1 atom stereocenters. The van der Waals surface area contributed by atoms with Crippen LogP contribution in [0.2, 0.25) is 0 Å². The van der Waals surface area contributed by atoms with Crippen molar-refractivity contribution in [3.8, 4) is 5.75 Å². The van der Waals surface area contributed by atoms with Gasteiger partial charge in [-0.05, 0) is 24.5 Å². The average molecular weight is 290 g/mol. The number of benzene rings is 1. The van der Waals surface area contributed by atoms with Crippen LogP contribution in [0, 0.1) is 5.41 Å². The second-order valence-corrected chi connectivity index (χ2v) is 6.19. The van der Waals surface area contributed by atoms with Crippen molar-refractivity contribution < 1.29 is 14.3 Å². The monoisotopic (exact) mass is 290 g/mol. The molecule has 1 fully saturated rings. The molecule has 1 aromatic carbocycles. The molecule has 21 heavy (non-hydrogen) atoms. The number of hydrogen-bond acceptors (Lipinski definition) is 3. The molecule has 1 aliphatic heterocycles. The number of nitrogens with zero attached hydrogens (tertiary/aromatic N) is 1. The highest BCUT2D eigenvalue weighted by atomic mass is 16.5. The average Bonchev–Trinajstić information content (AvgIpc) is 2.41. The first kappa shape index (κ1) is 15.4. The van der Waals surface area contributed by atoms with Gasteiger partial charge in [-0.2, -0.15) is 0 Å². The molecule has 114 valence electrons. The van der Waals surface area contributed by atoms with Crippen molar-refractivity contribution in [2.24, 2.45) is 5.41 Å². The minimum atomic E-state index is -0.534. The van der Waals surface area contributed by atoms with E-state index in [-0.39, 0.29) is 23.8 Å².